The van der Waals surface area contributed by atoms with E-state index in [-0.39, 0.29) is 17.4 Å². The summed E-state index contributed by atoms with van der Waals surface area (Å²) in [4.78, 5) is 42.6. The van der Waals surface area contributed by atoms with Gasteiger partial charge in [-0.2, -0.15) is 0 Å². The van der Waals surface area contributed by atoms with E-state index in [0.717, 1.165) is 17.7 Å². The van der Waals surface area contributed by atoms with Crippen molar-refractivity contribution in [3.8, 4) is 0 Å². The smallest absolute Gasteiger partial charge is 0.257 e. The van der Waals surface area contributed by atoms with Crippen LogP contribution in [0.4, 0.5) is 10.8 Å². The van der Waals surface area contributed by atoms with Crippen LogP contribution in [0.25, 0.3) is 0 Å². The lowest BCUT2D eigenvalue weighted by Crippen LogP contribution is -2.26. The fourth-order valence-corrected chi connectivity index (χ4v) is 4.57. The van der Waals surface area contributed by atoms with Crippen molar-refractivity contribution < 1.29 is 14.4 Å². The standard InChI is InChI=1S/C22H20N4O3S/c23-19(27)14-9-4-5-11-16(14)24-21(29)15-10-6-12-17-18(15)25-22(30-17)26-20(28)13-7-2-1-3-8-13/h1-5,7-9,11,15H,6,10,12H2,(H2,23,27)(H,24,29)(H,25,26,28). The van der Waals surface area contributed by atoms with Gasteiger partial charge in [-0.25, -0.2) is 4.98 Å². The van der Waals surface area contributed by atoms with Crippen LogP contribution in [0, 0.1) is 0 Å². The van der Waals surface area contributed by atoms with Gasteiger partial charge < -0.3 is 11.1 Å². The summed E-state index contributed by atoms with van der Waals surface area (Å²) in [7, 11) is 0. The molecule has 4 rings (SSSR count). The molecule has 0 fully saturated rings. The molecule has 1 atom stereocenters. The normalized spacial score (nSPS) is 15.1. The van der Waals surface area contributed by atoms with E-state index in [2.05, 4.69) is 15.6 Å². The van der Waals surface area contributed by atoms with Crippen molar-refractivity contribution in [3.05, 3.63) is 76.3 Å². The molecule has 7 nitrogen and oxygen atoms in total. The number of carbonyl (C=O) groups excluding carboxylic acids is 3. The zero-order chi connectivity index (χ0) is 21.1. The van der Waals surface area contributed by atoms with E-state index >= 15 is 0 Å². The molecule has 0 radical (unpaired) electrons. The van der Waals surface area contributed by atoms with Crippen LogP contribution in [0.1, 0.15) is 50.0 Å². The van der Waals surface area contributed by atoms with Crippen molar-refractivity contribution in [1.29, 1.82) is 0 Å². The number of nitrogens with two attached hydrogens (primary N) is 1. The van der Waals surface area contributed by atoms with Gasteiger partial charge in [0.15, 0.2) is 5.13 Å². The van der Waals surface area contributed by atoms with Crippen molar-refractivity contribution in [2.75, 3.05) is 10.6 Å². The average Bonchev–Trinajstić information content (AvgIpc) is 3.16. The first-order valence-corrected chi connectivity index (χ1v) is 10.4. The van der Waals surface area contributed by atoms with Gasteiger partial charge in [-0.1, -0.05) is 30.3 Å². The highest BCUT2D eigenvalue weighted by Crippen LogP contribution is 2.37. The Hall–Kier alpha value is -3.52. The molecule has 0 saturated heterocycles. The molecule has 0 bridgehead atoms. The largest absolute Gasteiger partial charge is 0.366 e. The van der Waals surface area contributed by atoms with Crippen LogP contribution in [-0.4, -0.2) is 22.7 Å². The number of benzene rings is 2. The van der Waals surface area contributed by atoms with Crippen LogP contribution in [-0.2, 0) is 11.2 Å². The van der Waals surface area contributed by atoms with Gasteiger partial charge in [-0.05, 0) is 43.5 Å². The van der Waals surface area contributed by atoms with Crippen LogP contribution in [0.2, 0.25) is 0 Å². The van der Waals surface area contributed by atoms with Gasteiger partial charge in [0.2, 0.25) is 5.91 Å². The lowest BCUT2D eigenvalue weighted by molar-refractivity contribution is -0.117. The third kappa shape index (κ3) is 4.08. The van der Waals surface area contributed by atoms with E-state index in [1.807, 2.05) is 6.07 Å². The Kier molecular flexibility index (Phi) is 5.58. The third-order valence-electron chi connectivity index (χ3n) is 4.98. The second-order valence-corrected chi connectivity index (χ2v) is 8.08. The minimum absolute atomic E-state index is 0.238. The van der Waals surface area contributed by atoms with E-state index in [1.54, 1.807) is 48.5 Å². The first-order chi connectivity index (χ1) is 14.5. The van der Waals surface area contributed by atoms with Gasteiger partial charge in [0.25, 0.3) is 11.8 Å². The van der Waals surface area contributed by atoms with Crippen molar-refractivity contribution >= 4 is 39.9 Å². The number of aromatic nitrogens is 1. The van der Waals surface area contributed by atoms with Crippen LogP contribution in [0.3, 0.4) is 0 Å². The molecule has 30 heavy (non-hydrogen) atoms. The Bertz CT molecular complexity index is 1110. The zero-order valence-corrected chi connectivity index (χ0v) is 16.9. The molecule has 3 aromatic rings. The quantitative estimate of drug-likeness (QED) is 0.585. The zero-order valence-electron chi connectivity index (χ0n) is 16.1. The van der Waals surface area contributed by atoms with E-state index < -0.39 is 11.8 Å². The first kappa shape index (κ1) is 19.8. The summed E-state index contributed by atoms with van der Waals surface area (Å²) in [5.41, 5.74) is 7.27. The Morgan fingerprint density at radius 1 is 1.00 bits per heavy atom. The fraction of sp³-hybridized carbons (Fsp3) is 0.182. The molecule has 3 amide bonds. The number of carbonyl (C=O) groups is 3. The van der Waals surface area contributed by atoms with Crippen LogP contribution in [0.5, 0.6) is 0 Å². The number of para-hydroxylation sites is 1. The monoisotopic (exact) mass is 420 g/mol. The lowest BCUT2D eigenvalue weighted by Gasteiger charge is -2.21. The van der Waals surface area contributed by atoms with Crippen molar-refractivity contribution in [1.82, 2.24) is 4.98 Å². The number of fused-ring (bicyclic) bond motifs is 1. The summed E-state index contributed by atoms with van der Waals surface area (Å²) in [5.74, 6) is -1.53. The van der Waals surface area contributed by atoms with Crippen LogP contribution >= 0.6 is 11.3 Å². The molecule has 8 heteroatoms. The fourth-order valence-electron chi connectivity index (χ4n) is 3.51. The van der Waals surface area contributed by atoms with Gasteiger partial charge in [-0.15, -0.1) is 11.3 Å². The van der Waals surface area contributed by atoms with Gasteiger partial charge in [0.05, 0.1) is 22.9 Å². The van der Waals surface area contributed by atoms with Crippen LogP contribution in [0.15, 0.2) is 54.6 Å². The molecular formula is C22H20N4O3S. The second kappa shape index (κ2) is 8.46. The molecule has 2 aromatic carbocycles. The number of nitrogens with one attached hydrogen (secondary N) is 2. The maximum absolute atomic E-state index is 13.0. The van der Waals surface area contributed by atoms with Crippen molar-refractivity contribution in [2.45, 2.75) is 25.2 Å². The summed E-state index contributed by atoms with van der Waals surface area (Å²) in [5, 5.41) is 6.12. The Balaban J connectivity index is 1.53. The topological polar surface area (TPSA) is 114 Å². The number of thiazole rings is 1. The molecule has 1 unspecified atom stereocenters. The van der Waals surface area contributed by atoms with Gasteiger partial charge in [-0.3, -0.25) is 19.7 Å². The Labute approximate surface area is 177 Å². The van der Waals surface area contributed by atoms with Crippen molar-refractivity contribution in [3.63, 3.8) is 0 Å². The SMILES string of the molecule is NC(=O)c1ccccc1NC(=O)C1CCCc2sc(NC(=O)c3ccccc3)nc21. The summed E-state index contributed by atoms with van der Waals surface area (Å²) in [6.07, 6.45) is 2.31. The summed E-state index contributed by atoms with van der Waals surface area (Å²) in [6.45, 7) is 0. The number of amides is 3. The predicted octanol–water partition coefficient (Wildman–Crippen LogP) is 3.55. The number of hydrogen-bond donors (Lipinski definition) is 3. The highest BCUT2D eigenvalue weighted by atomic mass is 32.1. The summed E-state index contributed by atoms with van der Waals surface area (Å²) in [6, 6.07) is 15.5. The molecule has 0 spiro atoms. The number of nitrogens with zero attached hydrogens (tertiary/aromatic N) is 1. The minimum atomic E-state index is -0.602. The summed E-state index contributed by atoms with van der Waals surface area (Å²) < 4.78 is 0. The molecule has 0 aliphatic heterocycles. The minimum Gasteiger partial charge on any atom is -0.366 e. The molecule has 1 aliphatic carbocycles. The number of rotatable bonds is 5. The Morgan fingerprint density at radius 2 is 1.73 bits per heavy atom. The average molecular weight is 420 g/mol. The lowest BCUT2D eigenvalue weighted by atomic mass is 9.90. The number of anilines is 2. The van der Waals surface area contributed by atoms with Gasteiger partial charge >= 0.3 is 0 Å². The highest BCUT2D eigenvalue weighted by molar-refractivity contribution is 7.16. The molecule has 0 saturated carbocycles. The van der Waals surface area contributed by atoms with E-state index in [1.165, 1.54) is 11.3 Å². The van der Waals surface area contributed by atoms with Crippen LogP contribution < -0.4 is 16.4 Å². The molecule has 1 aliphatic rings. The molecule has 4 N–H and O–H groups in total. The first-order valence-electron chi connectivity index (χ1n) is 9.58. The summed E-state index contributed by atoms with van der Waals surface area (Å²) >= 11 is 1.40. The number of primary amides is 1. The van der Waals surface area contributed by atoms with Gasteiger partial charge in [0, 0.05) is 10.4 Å². The predicted molar refractivity (Wildman–Crippen MR) is 116 cm³/mol. The third-order valence-corrected chi connectivity index (χ3v) is 6.02. The highest BCUT2D eigenvalue weighted by Gasteiger charge is 2.31. The maximum Gasteiger partial charge on any atom is 0.257 e. The van der Waals surface area contributed by atoms with Crippen molar-refractivity contribution in [2.24, 2.45) is 5.73 Å². The Morgan fingerprint density at radius 3 is 2.50 bits per heavy atom. The number of hydrogen-bond acceptors (Lipinski definition) is 5. The van der Waals surface area contributed by atoms with E-state index in [4.69, 9.17) is 5.73 Å². The molecule has 1 heterocycles. The maximum atomic E-state index is 13.0. The molecule has 152 valence electrons. The molecular weight excluding hydrogens is 400 g/mol. The molecule has 1 aromatic heterocycles. The van der Waals surface area contributed by atoms with E-state index in [0.29, 0.717) is 28.5 Å². The van der Waals surface area contributed by atoms with E-state index in [9.17, 15) is 14.4 Å². The number of aryl methyl sites for hydroxylation is 1. The second-order valence-electron chi connectivity index (χ2n) is 6.99. The van der Waals surface area contributed by atoms with Gasteiger partial charge in [0.1, 0.15) is 0 Å².